The van der Waals surface area contributed by atoms with Gasteiger partial charge in [-0.2, -0.15) is 0 Å². The molecule has 0 atom stereocenters. The van der Waals surface area contributed by atoms with Crippen LogP contribution in [0.1, 0.15) is 24.0 Å². The number of nitrogens with zero attached hydrogens (tertiary/aromatic N) is 1. The van der Waals surface area contributed by atoms with Crippen molar-refractivity contribution in [1.29, 1.82) is 0 Å². The van der Waals surface area contributed by atoms with Crippen LogP contribution in [0.5, 0.6) is 5.75 Å². The number of carbonyl (C=O) groups is 1. The minimum atomic E-state index is 0.0514. The maximum absolute atomic E-state index is 12.7. The van der Waals surface area contributed by atoms with Crippen molar-refractivity contribution in [2.45, 2.75) is 26.0 Å². The second-order valence-corrected chi connectivity index (χ2v) is 8.40. The Kier molecular flexibility index (Phi) is 7.23. The largest absolute Gasteiger partial charge is 0.489 e. The number of rotatable bonds is 7. The van der Waals surface area contributed by atoms with Gasteiger partial charge in [-0.25, -0.2) is 0 Å². The van der Waals surface area contributed by atoms with Crippen LogP contribution in [0, 0.1) is 5.92 Å². The lowest BCUT2D eigenvalue weighted by Gasteiger charge is -2.31. The van der Waals surface area contributed by atoms with Gasteiger partial charge in [-0.1, -0.05) is 54.1 Å². The summed E-state index contributed by atoms with van der Waals surface area (Å²) >= 11 is 5.96. The van der Waals surface area contributed by atoms with Crippen molar-refractivity contribution in [2.24, 2.45) is 5.92 Å². The number of carbonyl (C=O) groups excluding carboxylic acids is 1. The molecule has 1 amide bonds. The molecule has 5 heteroatoms. The molecular weight excluding hydrogens is 408 g/mol. The molecule has 0 aromatic heterocycles. The van der Waals surface area contributed by atoms with Crippen LogP contribution < -0.4 is 10.1 Å². The number of benzene rings is 3. The van der Waals surface area contributed by atoms with E-state index in [2.05, 4.69) is 22.3 Å². The summed E-state index contributed by atoms with van der Waals surface area (Å²) in [6, 6.07) is 25.6. The fourth-order valence-corrected chi connectivity index (χ4v) is 3.95. The Morgan fingerprint density at radius 2 is 1.58 bits per heavy atom. The number of hydrogen-bond donors (Lipinski definition) is 1. The Hall–Kier alpha value is -2.82. The standard InChI is InChI=1S/C26H27ClN2O2/c27-23-8-6-20(7-9-23)18-29-16-14-22(15-17-29)26(30)28-24-10-12-25(13-11-24)31-19-21-4-2-1-3-5-21/h1-13,22H,14-19H2,(H,28,30). The molecule has 1 aliphatic heterocycles. The molecule has 0 unspecified atom stereocenters. The Balaban J connectivity index is 1.22. The molecule has 3 aromatic carbocycles. The van der Waals surface area contributed by atoms with Gasteiger partial charge >= 0.3 is 0 Å². The first-order valence-electron chi connectivity index (χ1n) is 10.7. The second-order valence-electron chi connectivity index (χ2n) is 7.96. The molecule has 160 valence electrons. The van der Waals surface area contributed by atoms with Crippen molar-refractivity contribution in [3.63, 3.8) is 0 Å². The van der Waals surface area contributed by atoms with Gasteiger partial charge in [-0.3, -0.25) is 9.69 Å². The van der Waals surface area contributed by atoms with Crippen LogP contribution in [0.15, 0.2) is 78.9 Å². The van der Waals surface area contributed by atoms with E-state index in [0.29, 0.717) is 6.61 Å². The molecule has 1 N–H and O–H groups in total. The number of anilines is 1. The van der Waals surface area contributed by atoms with Crippen LogP contribution >= 0.6 is 11.6 Å². The first-order valence-corrected chi connectivity index (χ1v) is 11.1. The topological polar surface area (TPSA) is 41.6 Å². The fourth-order valence-electron chi connectivity index (χ4n) is 3.82. The molecule has 0 bridgehead atoms. The second kappa shape index (κ2) is 10.5. The highest BCUT2D eigenvalue weighted by molar-refractivity contribution is 6.30. The average Bonchev–Trinajstić information content (AvgIpc) is 2.81. The average molecular weight is 435 g/mol. The SMILES string of the molecule is O=C(Nc1ccc(OCc2ccccc2)cc1)C1CCN(Cc2ccc(Cl)cc2)CC1. The first kappa shape index (κ1) is 21.4. The Morgan fingerprint density at radius 1 is 0.903 bits per heavy atom. The van der Waals surface area contributed by atoms with Crippen molar-refractivity contribution in [3.05, 3.63) is 95.0 Å². The van der Waals surface area contributed by atoms with Gasteiger partial charge < -0.3 is 10.1 Å². The van der Waals surface area contributed by atoms with E-state index in [9.17, 15) is 4.79 Å². The molecule has 1 saturated heterocycles. The lowest BCUT2D eigenvalue weighted by Crippen LogP contribution is -2.37. The zero-order valence-corrected chi connectivity index (χ0v) is 18.2. The van der Waals surface area contributed by atoms with Gasteiger partial charge in [-0.15, -0.1) is 0 Å². The van der Waals surface area contributed by atoms with Gasteiger partial charge in [0.1, 0.15) is 12.4 Å². The van der Waals surface area contributed by atoms with E-state index in [1.807, 2.05) is 66.7 Å². The number of hydrogen-bond acceptors (Lipinski definition) is 3. The summed E-state index contributed by atoms with van der Waals surface area (Å²) in [5, 5.41) is 3.81. The van der Waals surface area contributed by atoms with Gasteiger partial charge in [-0.05, 0) is 73.5 Å². The van der Waals surface area contributed by atoms with E-state index < -0.39 is 0 Å². The lowest BCUT2D eigenvalue weighted by molar-refractivity contribution is -0.121. The summed E-state index contributed by atoms with van der Waals surface area (Å²) in [4.78, 5) is 15.1. The number of ether oxygens (including phenoxy) is 1. The summed E-state index contributed by atoms with van der Waals surface area (Å²) in [6.07, 6.45) is 1.75. The molecule has 0 saturated carbocycles. The maximum atomic E-state index is 12.7. The third kappa shape index (κ3) is 6.33. The van der Waals surface area contributed by atoms with Crippen LogP contribution in [0.3, 0.4) is 0 Å². The minimum Gasteiger partial charge on any atom is -0.489 e. The monoisotopic (exact) mass is 434 g/mol. The van der Waals surface area contributed by atoms with E-state index in [0.717, 1.165) is 54.5 Å². The maximum Gasteiger partial charge on any atom is 0.227 e. The van der Waals surface area contributed by atoms with Gasteiger partial charge in [0.25, 0.3) is 0 Å². The molecule has 31 heavy (non-hydrogen) atoms. The van der Waals surface area contributed by atoms with Crippen molar-refractivity contribution in [1.82, 2.24) is 4.90 Å². The Bertz CT molecular complexity index is 967. The summed E-state index contributed by atoms with van der Waals surface area (Å²) in [6.45, 7) is 3.27. The van der Waals surface area contributed by atoms with Gasteiger partial charge in [0.2, 0.25) is 5.91 Å². The van der Waals surface area contributed by atoms with E-state index in [1.165, 1.54) is 5.56 Å². The predicted molar refractivity (Wildman–Crippen MR) is 125 cm³/mol. The fraction of sp³-hybridized carbons (Fsp3) is 0.269. The van der Waals surface area contributed by atoms with Crippen molar-refractivity contribution in [2.75, 3.05) is 18.4 Å². The molecule has 4 nitrogen and oxygen atoms in total. The quantitative estimate of drug-likeness (QED) is 0.513. The predicted octanol–water partition coefficient (Wildman–Crippen LogP) is 5.77. The normalized spacial score (nSPS) is 14.9. The highest BCUT2D eigenvalue weighted by atomic mass is 35.5. The molecular formula is C26H27ClN2O2. The van der Waals surface area contributed by atoms with Crippen LogP contribution in [0.4, 0.5) is 5.69 Å². The van der Waals surface area contributed by atoms with Gasteiger partial charge in [0.05, 0.1) is 0 Å². The molecule has 0 spiro atoms. The third-order valence-electron chi connectivity index (χ3n) is 5.65. The van der Waals surface area contributed by atoms with E-state index in [1.54, 1.807) is 0 Å². The zero-order valence-electron chi connectivity index (χ0n) is 17.5. The molecule has 4 rings (SSSR count). The van der Waals surface area contributed by atoms with E-state index in [4.69, 9.17) is 16.3 Å². The van der Waals surface area contributed by atoms with Crippen LogP contribution in [-0.4, -0.2) is 23.9 Å². The van der Waals surface area contributed by atoms with Crippen LogP contribution in [0.2, 0.25) is 5.02 Å². The minimum absolute atomic E-state index is 0.0514. The number of likely N-dealkylation sites (tertiary alicyclic amines) is 1. The number of piperidine rings is 1. The summed E-state index contributed by atoms with van der Waals surface area (Å²) < 4.78 is 5.81. The van der Waals surface area contributed by atoms with Crippen molar-refractivity contribution in [3.8, 4) is 5.75 Å². The highest BCUT2D eigenvalue weighted by Crippen LogP contribution is 2.23. The summed E-state index contributed by atoms with van der Waals surface area (Å²) in [5.74, 6) is 0.942. The molecule has 1 fully saturated rings. The number of amides is 1. The zero-order chi connectivity index (χ0) is 21.5. The van der Waals surface area contributed by atoms with Crippen molar-refractivity contribution >= 4 is 23.2 Å². The highest BCUT2D eigenvalue weighted by Gasteiger charge is 2.25. The summed E-state index contributed by atoms with van der Waals surface area (Å²) in [5.41, 5.74) is 3.19. The van der Waals surface area contributed by atoms with E-state index in [-0.39, 0.29) is 11.8 Å². The van der Waals surface area contributed by atoms with Crippen LogP contribution in [-0.2, 0) is 17.9 Å². The molecule has 0 radical (unpaired) electrons. The molecule has 3 aromatic rings. The molecule has 1 heterocycles. The van der Waals surface area contributed by atoms with Gasteiger partial charge in [0.15, 0.2) is 0 Å². The molecule has 1 aliphatic rings. The van der Waals surface area contributed by atoms with Crippen molar-refractivity contribution < 1.29 is 9.53 Å². The number of halogens is 1. The third-order valence-corrected chi connectivity index (χ3v) is 5.90. The smallest absolute Gasteiger partial charge is 0.227 e. The lowest BCUT2D eigenvalue weighted by atomic mass is 9.95. The van der Waals surface area contributed by atoms with E-state index >= 15 is 0 Å². The Labute approximate surface area is 188 Å². The molecule has 0 aliphatic carbocycles. The van der Waals surface area contributed by atoms with Crippen LogP contribution in [0.25, 0.3) is 0 Å². The van der Waals surface area contributed by atoms with Gasteiger partial charge in [0, 0.05) is 23.2 Å². The Morgan fingerprint density at radius 3 is 2.26 bits per heavy atom. The first-order chi connectivity index (χ1) is 15.2. The number of nitrogens with one attached hydrogen (secondary N) is 1. The summed E-state index contributed by atoms with van der Waals surface area (Å²) in [7, 11) is 0.